The Balaban J connectivity index is 1.69. The van der Waals surface area contributed by atoms with E-state index in [4.69, 9.17) is 14.2 Å². The van der Waals surface area contributed by atoms with Gasteiger partial charge in [-0.25, -0.2) is 19.1 Å². The molecule has 0 aliphatic heterocycles. The Bertz CT molecular complexity index is 1150. The Morgan fingerprint density at radius 1 is 1.17 bits per heavy atom. The molecule has 4 heterocycles. The fourth-order valence-electron chi connectivity index (χ4n) is 2.67. The number of pyridine rings is 1. The van der Waals surface area contributed by atoms with Crippen LogP contribution in [-0.4, -0.2) is 67.8 Å². The van der Waals surface area contributed by atoms with E-state index in [1.807, 2.05) is 0 Å². The highest BCUT2D eigenvalue weighted by Gasteiger charge is 2.17. The number of aromatic nitrogens is 5. The van der Waals surface area contributed by atoms with Crippen molar-refractivity contribution in [3.8, 4) is 28.1 Å². The van der Waals surface area contributed by atoms with Gasteiger partial charge in [0.05, 0.1) is 26.6 Å². The highest BCUT2D eigenvalue weighted by Crippen LogP contribution is 2.30. The highest BCUT2D eigenvalue weighted by molar-refractivity contribution is 7.18. The van der Waals surface area contributed by atoms with Gasteiger partial charge in [-0.2, -0.15) is 5.10 Å². The van der Waals surface area contributed by atoms with Crippen molar-refractivity contribution in [2.75, 3.05) is 27.4 Å². The first-order chi connectivity index (χ1) is 14.0. The standard InChI is InChI=1S/C17H18N6O5S/c1-4-23(25)15(24)9-28-14-5-10(26-2)7-21-13(14)6-11(19-21)12-8-22-16(18-12)29-17(20-22)27-3/h5-8,25H,4,9H2,1-3H3. The van der Waals surface area contributed by atoms with Gasteiger partial charge in [-0.1, -0.05) is 0 Å². The first-order valence-electron chi connectivity index (χ1n) is 8.62. The van der Waals surface area contributed by atoms with E-state index in [0.717, 1.165) is 0 Å². The lowest BCUT2D eigenvalue weighted by Gasteiger charge is -2.13. The molecule has 0 saturated heterocycles. The Hall–Kier alpha value is -3.38. The molecular formula is C17H18N6O5S. The third-order valence-corrected chi connectivity index (χ3v) is 5.03. The lowest BCUT2D eigenvalue weighted by Crippen LogP contribution is -2.31. The second-order valence-corrected chi connectivity index (χ2v) is 6.85. The number of ether oxygens (including phenoxy) is 3. The number of imidazole rings is 1. The molecule has 0 spiro atoms. The molecule has 0 aliphatic carbocycles. The summed E-state index contributed by atoms with van der Waals surface area (Å²) < 4.78 is 19.2. The molecule has 0 radical (unpaired) electrons. The maximum absolute atomic E-state index is 11.9. The van der Waals surface area contributed by atoms with Crippen LogP contribution in [0, 0.1) is 0 Å². The van der Waals surface area contributed by atoms with Gasteiger partial charge in [0.2, 0.25) is 4.96 Å². The number of fused-ring (bicyclic) bond motifs is 2. The van der Waals surface area contributed by atoms with Crippen molar-refractivity contribution in [1.29, 1.82) is 0 Å². The normalized spacial score (nSPS) is 11.2. The van der Waals surface area contributed by atoms with Crippen LogP contribution >= 0.6 is 11.3 Å². The van der Waals surface area contributed by atoms with E-state index >= 15 is 0 Å². The largest absolute Gasteiger partial charge is 0.495 e. The molecule has 0 atom stereocenters. The number of likely N-dealkylation sites (N-methyl/N-ethyl adjacent to an activating group) is 1. The van der Waals surface area contributed by atoms with E-state index in [1.165, 1.54) is 18.4 Å². The average Bonchev–Trinajstić information content (AvgIpc) is 3.42. The average molecular weight is 418 g/mol. The molecule has 0 saturated carbocycles. The summed E-state index contributed by atoms with van der Waals surface area (Å²) in [6, 6.07) is 3.44. The molecule has 0 unspecified atom stereocenters. The van der Waals surface area contributed by atoms with E-state index in [1.54, 1.807) is 47.6 Å². The van der Waals surface area contributed by atoms with Crippen LogP contribution < -0.4 is 14.2 Å². The van der Waals surface area contributed by atoms with E-state index in [2.05, 4.69) is 15.2 Å². The predicted molar refractivity (Wildman–Crippen MR) is 103 cm³/mol. The van der Waals surface area contributed by atoms with Crippen LogP contribution in [0.25, 0.3) is 21.9 Å². The van der Waals surface area contributed by atoms with Gasteiger partial charge in [-0.15, -0.1) is 5.10 Å². The van der Waals surface area contributed by atoms with Gasteiger partial charge in [0.25, 0.3) is 11.1 Å². The first kappa shape index (κ1) is 19.0. The van der Waals surface area contributed by atoms with Crippen molar-refractivity contribution < 1.29 is 24.2 Å². The first-order valence-corrected chi connectivity index (χ1v) is 9.44. The summed E-state index contributed by atoms with van der Waals surface area (Å²) in [7, 11) is 3.08. The molecule has 0 fully saturated rings. The molecule has 0 bridgehead atoms. The lowest BCUT2D eigenvalue weighted by molar-refractivity contribution is -0.166. The van der Waals surface area contributed by atoms with Crippen LogP contribution in [-0.2, 0) is 4.79 Å². The number of hydrogen-bond acceptors (Lipinski definition) is 9. The summed E-state index contributed by atoms with van der Waals surface area (Å²) in [5.41, 5.74) is 1.85. The molecule has 11 nitrogen and oxygen atoms in total. The van der Waals surface area contributed by atoms with E-state index < -0.39 is 5.91 Å². The van der Waals surface area contributed by atoms with Crippen LogP contribution in [0.5, 0.6) is 16.7 Å². The summed E-state index contributed by atoms with van der Waals surface area (Å²) in [6.07, 6.45) is 3.44. The summed E-state index contributed by atoms with van der Waals surface area (Å²) in [5, 5.41) is 19.4. The zero-order chi connectivity index (χ0) is 20.5. The maximum atomic E-state index is 11.9. The van der Waals surface area contributed by atoms with Gasteiger partial charge < -0.3 is 14.2 Å². The van der Waals surface area contributed by atoms with Gasteiger partial charge in [-0.05, 0) is 24.3 Å². The molecule has 0 aromatic carbocycles. The number of methoxy groups -OCH3 is 2. The van der Waals surface area contributed by atoms with Crippen molar-refractivity contribution in [2.45, 2.75) is 6.92 Å². The molecule has 1 N–H and O–H groups in total. The minimum absolute atomic E-state index is 0.169. The van der Waals surface area contributed by atoms with Gasteiger partial charge in [0, 0.05) is 12.6 Å². The van der Waals surface area contributed by atoms with Crippen LogP contribution in [0.15, 0.2) is 24.5 Å². The van der Waals surface area contributed by atoms with Crippen molar-refractivity contribution in [2.24, 2.45) is 0 Å². The predicted octanol–water partition coefficient (Wildman–Crippen LogP) is 1.74. The van der Waals surface area contributed by atoms with Crippen LogP contribution in [0.1, 0.15) is 6.92 Å². The van der Waals surface area contributed by atoms with Crippen LogP contribution in [0.3, 0.4) is 0 Å². The minimum Gasteiger partial charge on any atom is -0.495 e. The summed E-state index contributed by atoms with van der Waals surface area (Å²) in [4.78, 5) is 17.1. The fraction of sp³-hybridized carbons (Fsp3) is 0.294. The molecule has 4 rings (SSSR count). The Morgan fingerprint density at radius 3 is 2.69 bits per heavy atom. The van der Waals surface area contributed by atoms with Gasteiger partial charge in [-0.3, -0.25) is 10.0 Å². The highest BCUT2D eigenvalue weighted by atomic mass is 32.1. The maximum Gasteiger partial charge on any atom is 0.294 e. The summed E-state index contributed by atoms with van der Waals surface area (Å²) in [6.45, 7) is 1.51. The Morgan fingerprint density at radius 2 is 2.00 bits per heavy atom. The van der Waals surface area contributed by atoms with Crippen molar-refractivity contribution >= 4 is 27.7 Å². The zero-order valence-corrected chi connectivity index (χ0v) is 16.7. The monoisotopic (exact) mass is 418 g/mol. The SMILES string of the molecule is CCN(O)C(=O)COc1cc(OC)cn2nc(-c3cn4nc(OC)sc4n3)cc12. The zero-order valence-electron chi connectivity index (χ0n) is 15.9. The number of rotatable bonds is 7. The molecule has 4 aromatic rings. The third kappa shape index (κ3) is 3.54. The summed E-state index contributed by atoms with van der Waals surface area (Å²) in [5.74, 6) is 0.340. The minimum atomic E-state index is -0.553. The quantitative estimate of drug-likeness (QED) is 0.356. The topological polar surface area (TPSA) is 116 Å². The molecule has 4 aromatic heterocycles. The second-order valence-electron chi connectivity index (χ2n) is 5.93. The van der Waals surface area contributed by atoms with Gasteiger partial charge in [0.1, 0.15) is 28.4 Å². The van der Waals surface area contributed by atoms with Crippen molar-refractivity contribution in [1.82, 2.24) is 29.3 Å². The van der Waals surface area contributed by atoms with E-state index in [-0.39, 0.29) is 13.2 Å². The van der Waals surface area contributed by atoms with Crippen molar-refractivity contribution in [3.63, 3.8) is 0 Å². The van der Waals surface area contributed by atoms with E-state index in [0.29, 0.717) is 43.6 Å². The van der Waals surface area contributed by atoms with E-state index in [9.17, 15) is 10.0 Å². The van der Waals surface area contributed by atoms with Gasteiger partial charge in [0.15, 0.2) is 6.61 Å². The number of hydroxylamine groups is 2. The molecular weight excluding hydrogens is 400 g/mol. The number of amides is 1. The number of nitrogens with zero attached hydrogens (tertiary/aromatic N) is 6. The molecule has 1 amide bonds. The smallest absolute Gasteiger partial charge is 0.294 e. The van der Waals surface area contributed by atoms with Crippen LogP contribution in [0.4, 0.5) is 0 Å². The molecule has 29 heavy (non-hydrogen) atoms. The van der Waals surface area contributed by atoms with Crippen LogP contribution in [0.2, 0.25) is 0 Å². The van der Waals surface area contributed by atoms with Crippen molar-refractivity contribution in [3.05, 3.63) is 24.5 Å². The molecule has 12 heteroatoms. The third-order valence-electron chi connectivity index (χ3n) is 4.15. The summed E-state index contributed by atoms with van der Waals surface area (Å²) >= 11 is 1.32. The van der Waals surface area contributed by atoms with Gasteiger partial charge >= 0.3 is 0 Å². The Kier molecular flexibility index (Phi) is 4.94. The number of hydrogen-bond donors (Lipinski definition) is 1. The molecule has 152 valence electrons. The number of carbonyl (C=O) groups is 1. The Labute approximate surface area is 168 Å². The lowest BCUT2D eigenvalue weighted by atomic mass is 10.3. The molecule has 0 aliphatic rings. The second kappa shape index (κ2) is 7.56. The number of carbonyl (C=O) groups excluding carboxylic acids is 1. The fourth-order valence-corrected chi connectivity index (χ4v) is 3.37.